The molecule has 3 saturated carbocycles. The van der Waals surface area contributed by atoms with Crippen molar-refractivity contribution in [3.63, 3.8) is 0 Å². The van der Waals surface area contributed by atoms with Crippen LogP contribution in [0.3, 0.4) is 0 Å². The fourth-order valence-corrected chi connectivity index (χ4v) is 5.65. The first-order chi connectivity index (χ1) is 7.68. The minimum Gasteiger partial charge on any atom is -0.390 e. The molecule has 0 aromatic heterocycles. The van der Waals surface area contributed by atoms with Gasteiger partial charge < -0.3 is 5.11 Å². The molecule has 3 aliphatic carbocycles. The largest absolute Gasteiger partial charge is 0.390 e. The summed E-state index contributed by atoms with van der Waals surface area (Å²) in [6, 6.07) is 0. The summed E-state index contributed by atoms with van der Waals surface area (Å²) in [5, 5.41) is 10.7. The van der Waals surface area contributed by atoms with Gasteiger partial charge in [-0.1, -0.05) is 36.7 Å². The Morgan fingerprint density at radius 1 is 1.06 bits per heavy atom. The van der Waals surface area contributed by atoms with Gasteiger partial charge in [0.15, 0.2) is 0 Å². The van der Waals surface area contributed by atoms with E-state index in [1.165, 1.54) is 12.8 Å². The lowest BCUT2D eigenvalue weighted by Crippen LogP contribution is -2.57. The maximum atomic E-state index is 10.7. The van der Waals surface area contributed by atoms with E-state index in [-0.39, 0.29) is 0 Å². The lowest BCUT2D eigenvalue weighted by Gasteiger charge is -2.59. The van der Waals surface area contributed by atoms with Crippen molar-refractivity contribution in [1.82, 2.24) is 0 Å². The predicted molar refractivity (Wildman–Crippen MR) is 74.2 cm³/mol. The van der Waals surface area contributed by atoms with Crippen LogP contribution in [0.4, 0.5) is 0 Å². The van der Waals surface area contributed by atoms with Gasteiger partial charge in [0.2, 0.25) is 0 Å². The second-order valence-electron chi connectivity index (χ2n) is 8.00. The molecular formula is C15H25BrO. The summed E-state index contributed by atoms with van der Waals surface area (Å²) >= 11 is 3.89. The van der Waals surface area contributed by atoms with Crippen LogP contribution in [-0.2, 0) is 0 Å². The maximum absolute atomic E-state index is 10.7. The van der Waals surface area contributed by atoms with E-state index >= 15 is 0 Å². The van der Waals surface area contributed by atoms with Gasteiger partial charge in [-0.3, -0.25) is 0 Å². The Hall–Kier alpha value is 0.440. The molecule has 0 heterocycles. The molecule has 1 N–H and O–H groups in total. The summed E-state index contributed by atoms with van der Waals surface area (Å²) in [4.78, 5) is 0.601. The van der Waals surface area contributed by atoms with E-state index in [1.54, 1.807) is 0 Å². The number of hydrogen-bond donors (Lipinski definition) is 1. The minimum absolute atomic E-state index is 0.434. The topological polar surface area (TPSA) is 20.2 Å². The molecule has 0 spiro atoms. The number of alkyl halides is 1. The van der Waals surface area contributed by atoms with Gasteiger partial charge in [0, 0.05) is 4.83 Å². The second-order valence-corrected chi connectivity index (χ2v) is 9.11. The number of fused-ring (bicyclic) bond motifs is 3. The smallest absolute Gasteiger partial charge is 0.0651 e. The summed E-state index contributed by atoms with van der Waals surface area (Å²) < 4.78 is 0. The molecule has 1 nitrogen and oxygen atoms in total. The lowest BCUT2D eigenvalue weighted by molar-refractivity contribution is -0.157. The number of rotatable bonds is 0. The van der Waals surface area contributed by atoms with Gasteiger partial charge in [-0.05, 0) is 61.2 Å². The first-order valence-electron chi connectivity index (χ1n) is 7.05. The van der Waals surface area contributed by atoms with Crippen molar-refractivity contribution in [1.29, 1.82) is 0 Å². The average Bonchev–Trinajstić information content (AvgIpc) is 2.83. The molecule has 0 bridgehead atoms. The van der Waals surface area contributed by atoms with Crippen LogP contribution in [0.15, 0.2) is 0 Å². The van der Waals surface area contributed by atoms with Crippen LogP contribution in [0.2, 0.25) is 0 Å². The molecule has 0 saturated heterocycles. The van der Waals surface area contributed by atoms with Gasteiger partial charge in [0.25, 0.3) is 0 Å². The summed E-state index contributed by atoms with van der Waals surface area (Å²) in [7, 11) is 0. The van der Waals surface area contributed by atoms with Crippen LogP contribution in [0.1, 0.15) is 53.4 Å². The monoisotopic (exact) mass is 300 g/mol. The normalized spacial score (nSPS) is 60.4. The third-order valence-corrected chi connectivity index (χ3v) is 7.78. The maximum Gasteiger partial charge on any atom is 0.0651 e. The fraction of sp³-hybridized carbons (Fsp3) is 1.00. The van der Waals surface area contributed by atoms with Crippen molar-refractivity contribution in [2.45, 2.75) is 63.8 Å². The molecule has 2 heteroatoms. The van der Waals surface area contributed by atoms with Crippen LogP contribution < -0.4 is 0 Å². The van der Waals surface area contributed by atoms with Gasteiger partial charge in [-0.15, -0.1) is 0 Å². The molecule has 3 aliphatic rings. The van der Waals surface area contributed by atoms with Crippen molar-refractivity contribution < 1.29 is 5.11 Å². The molecule has 3 fully saturated rings. The summed E-state index contributed by atoms with van der Waals surface area (Å²) in [6.07, 6.45) is 4.67. The predicted octanol–water partition coefficient (Wildman–Crippen LogP) is 3.98. The van der Waals surface area contributed by atoms with E-state index in [0.29, 0.717) is 21.6 Å². The Balaban J connectivity index is 1.92. The van der Waals surface area contributed by atoms with Gasteiger partial charge in [0.05, 0.1) is 5.60 Å². The molecule has 3 rings (SSSR count). The Morgan fingerprint density at radius 3 is 2.29 bits per heavy atom. The van der Waals surface area contributed by atoms with Crippen molar-refractivity contribution in [2.75, 3.05) is 0 Å². The first-order valence-corrected chi connectivity index (χ1v) is 7.96. The molecule has 0 aromatic rings. The third-order valence-electron chi connectivity index (χ3n) is 6.28. The highest BCUT2D eigenvalue weighted by Crippen LogP contribution is 2.73. The van der Waals surface area contributed by atoms with Gasteiger partial charge in [-0.25, -0.2) is 0 Å². The molecule has 0 aromatic carbocycles. The average molecular weight is 301 g/mol. The third kappa shape index (κ3) is 1.59. The van der Waals surface area contributed by atoms with Crippen molar-refractivity contribution in [3.8, 4) is 0 Å². The fourth-order valence-electron chi connectivity index (χ4n) is 4.89. The molecule has 0 amide bonds. The SMILES string of the molecule is CC1(C)C[C@H]2[C@H]1[C@H]1C[C@@]1(C)[C@H](Br)CC[C@]2(C)O. The Morgan fingerprint density at radius 2 is 1.71 bits per heavy atom. The Bertz CT molecular complexity index is 349. The lowest BCUT2D eigenvalue weighted by atomic mass is 9.48. The number of halogens is 1. The van der Waals surface area contributed by atoms with Crippen LogP contribution in [0.25, 0.3) is 0 Å². The van der Waals surface area contributed by atoms with Crippen LogP contribution >= 0.6 is 15.9 Å². The molecule has 6 atom stereocenters. The van der Waals surface area contributed by atoms with E-state index in [0.717, 1.165) is 24.7 Å². The second kappa shape index (κ2) is 3.30. The standard InChI is InChI=1S/C15H25BrO/c1-13(2)7-10-12(13)9-8-14(9,3)11(16)5-6-15(10,4)17/h9-12,17H,5-8H2,1-4H3/t9-,10+,11-,12-,14-,15+/m1/s1. The van der Waals surface area contributed by atoms with E-state index < -0.39 is 5.60 Å². The van der Waals surface area contributed by atoms with Crippen molar-refractivity contribution in [3.05, 3.63) is 0 Å². The molecule has 0 aliphatic heterocycles. The Labute approximate surface area is 113 Å². The highest BCUT2D eigenvalue weighted by atomic mass is 79.9. The minimum atomic E-state index is -0.434. The Kier molecular flexibility index (Phi) is 2.42. The highest BCUT2D eigenvalue weighted by molar-refractivity contribution is 9.09. The van der Waals surface area contributed by atoms with E-state index in [9.17, 15) is 5.11 Å². The molecular weight excluding hydrogens is 276 g/mol. The van der Waals surface area contributed by atoms with E-state index in [4.69, 9.17) is 0 Å². The first kappa shape index (κ1) is 12.5. The summed E-state index contributed by atoms with van der Waals surface area (Å²) in [5.74, 6) is 2.12. The van der Waals surface area contributed by atoms with Crippen LogP contribution in [0, 0.1) is 28.6 Å². The number of hydrogen-bond acceptors (Lipinski definition) is 1. The van der Waals surface area contributed by atoms with Crippen molar-refractivity contribution in [2.24, 2.45) is 28.6 Å². The van der Waals surface area contributed by atoms with Gasteiger partial charge >= 0.3 is 0 Å². The quantitative estimate of drug-likeness (QED) is 0.671. The van der Waals surface area contributed by atoms with Crippen LogP contribution in [0.5, 0.6) is 0 Å². The van der Waals surface area contributed by atoms with Crippen molar-refractivity contribution >= 4 is 15.9 Å². The molecule has 0 radical (unpaired) electrons. The van der Waals surface area contributed by atoms with Gasteiger partial charge in [-0.2, -0.15) is 0 Å². The highest BCUT2D eigenvalue weighted by Gasteiger charge is 2.68. The van der Waals surface area contributed by atoms with Crippen LogP contribution in [-0.4, -0.2) is 15.5 Å². The summed E-state index contributed by atoms with van der Waals surface area (Å²) in [6.45, 7) is 9.31. The zero-order valence-electron chi connectivity index (χ0n) is 11.5. The molecule has 0 unspecified atom stereocenters. The van der Waals surface area contributed by atoms with Gasteiger partial charge in [0.1, 0.15) is 0 Å². The van der Waals surface area contributed by atoms with E-state index in [2.05, 4.69) is 43.6 Å². The molecule has 17 heavy (non-hydrogen) atoms. The zero-order chi connectivity index (χ0) is 12.6. The summed E-state index contributed by atoms with van der Waals surface area (Å²) in [5.41, 5.74) is 0.522. The zero-order valence-corrected chi connectivity index (χ0v) is 13.0. The number of aliphatic hydroxyl groups is 1. The molecule has 98 valence electrons. The van der Waals surface area contributed by atoms with E-state index in [1.807, 2.05) is 0 Å².